The molecule has 5 nitrogen and oxygen atoms in total. The van der Waals surface area contributed by atoms with Gasteiger partial charge in [-0.25, -0.2) is 9.37 Å². The fourth-order valence-electron chi connectivity index (χ4n) is 3.17. The number of carbonyl (C=O) groups excluding carboxylic acids is 1. The van der Waals surface area contributed by atoms with Crippen molar-refractivity contribution in [1.29, 1.82) is 0 Å². The van der Waals surface area contributed by atoms with Crippen LogP contribution in [0.25, 0.3) is 10.6 Å². The number of amides is 1. The van der Waals surface area contributed by atoms with E-state index >= 15 is 0 Å². The molecule has 1 amide bonds. The maximum absolute atomic E-state index is 14.0. The van der Waals surface area contributed by atoms with Crippen molar-refractivity contribution in [3.8, 4) is 16.3 Å². The van der Waals surface area contributed by atoms with Gasteiger partial charge in [-0.2, -0.15) is 0 Å². The first-order valence-corrected chi connectivity index (χ1v) is 9.73. The summed E-state index contributed by atoms with van der Waals surface area (Å²) < 4.78 is 25.1. The van der Waals surface area contributed by atoms with Crippen LogP contribution in [-0.4, -0.2) is 42.6 Å². The summed E-state index contributed by atoms with van der Waals surface area (Å²) in [4.78, 5) is 19.4. The summed E-state index contributed by atoms with van der Waals surface area (Å²) in [6.07, 6.45) is 1.30. The van der Waals surface area contributed by atoms with E-state index in [9.17, 15) is 9.18 Å². The van der Waals surface area contributed by atoms with Crippen LogP contribution in [0.1, 0.15) is 21.3 Å². The fourth-order valence-corrected chi connectivity index (χ4v) is 4.08. The zero-order valence-corrected chi connectivity index (χ0v) is 16.1. The first-order chi connectivity index (χ1) is 13.7. The standard InChI is InChI=1S/C21H19FN2O3S/c1-26-15-6-4-5-14(11-15)18-13-24(9-10-27-18)21(25)19-12-23-20(28-19)16-7-2-3-8-17(16)22/h2-8,11-12,18H,9-10,13H2,1H3. The lowest BCUT2D eigenvalue weighted by atomic mass is 10.1. The molecule has 1 aromatic heterocycles. The number of hydrogen-bond donors (Lipinski definition) is 0. The van der Waals surface area contributed by atoms with Gasteiger partial charge in [0.1, 0.15) is 27.6 Å². The Morgan fingerprint density at radius 3 is 2.96 bits per heavy atom. The van der Waals surface area contributed by atoms with Crippen LogP contribution in [0.4, 0.5) is 4.39 Å². The van der Waals surface area contributed by atoms with Gasteiger partial charge in [-0.1, -0.05) is 24.3 Å². The molecular formula is C21H19FN2O3S. The van der Waals surface area contributed by atoms with Crippen LogP contribution in [0.3, 0.4) is 0 Å². The highest BCUT2D eigenvalue weighted by Gasteiger charge is 2.27. The molecule has 0 aliphatic carbocycles. The summed E-state index contributed by atoms with van der Waals surface area (Å²) in [7, 11) is 1.62. The van der Waals surface area contributed by atoms with E-state index in [2.05, 4.69) is 4.98 Å². The molecule has 1 aliphatic rings. The van der Waals surface area contributed by atoms with Gasteiger partial charge in [0.2, 0.25) is 0 Å². The highest BCUT2D eigenvalue weighted by atomic mass is 32.1. The molecular weight excluding hydrogens is 379 g/mol. The minimum Gasteiger partial charge on any atom is -0.497 e. The third-order valence-corrected chi connectivity index (χ3v) is 5.66. The zero-order chi connectivity index (χ0) is 19.5. The number of ether oxygens (including phenoxy) is 2. The second-order valence-electron chi connectivity index (χ2n) is 6.40. The van der Waals surface area contributed by atoms with Gasteiger partial charge >= 0.3 is 0 Å². The van der Waals surface area contributed by atoms with Crippen molar-refractivity contribution in [3.63, 3.8) is 0 Å². The molecule has 28 heavy (non-hydrogen) atoms. The normalized spacial score (nSPS) is 16.8. The van der Waals surface area contributed by atoms with Crippen molar-refractivity contribution in [1.82, 2.24) is 9.88 Å². The average molecular weight is 398 g/mol. The van der Waals surface area contributed by atoms with Gasteiger partial charge in [0.15, 0.2) is 0 Å². The Bertz CT molecular complexity index is 991. The lowest BCUT2D eigenvalue weighted by molar-refractivity contribution is -0.0227. The Kier molecular flexibility index (Phi) is 5.36. The van der Waals surface area contributed by atoms with Crippen LogP contribution < -0.4 is 4.74 Å². The van der Waals surface area contributed by atoms with Crippen LogP contribution >= 0.6 is 11.3 Å². The molecule has 1 unspecified atom stereocenters. The second kappa shape index (κ2) is 8.08. The molecule has 0 spiro atoms. The Morgan fingerprint density at radius 1 is 1.29 bits per heavy atom. The SMILES string of the molecule is COc1cccc(C2CN(C(=O)c3cnc(-c4ccccc4F)s3)CCO2)c1. The molecule has 3 aromatic rings. The average Bonchev–Trinajstić information content (AvgIpc) is 3.23. The quantitative estimate of drug-likeness (QED) is 0.662. The fraction of sp³-hybridized carbons (Fsp3) is 0.238. The van der Waals surface area contributed by atoms with Gasteiger partial charge in [0.25, 0.3) is 5.91 Å². The largest absolute Gasteiger partial charge is 0.497 e. The van der Waals surface area contributed by atoms with Crippen molar-refractivity contribution < 1.29 is 18.7 Å². The van der Waals surface area contributed by atoms with E-state index in [0.29, 0.717) is 35.1 Å². The van der Waals surface area contributed by atoms with Gasteiger partial charge in [0.05, 0.1) is 26.5 Å². The lowest BCUT2D eigenvalue weighted by Crippen LogP contribution is -2.42. The van der Waals surface area contributed by atoms with Crippen molar-refractivity contribution in [2.24, 2.45) is 0 Å². The van der Waals surface area contributed by atoms with Gasteiger partial charge in [-0.05, 0) is 29.8 Å². The summed E-state index contributed by atoms with van der Waals surface area (Å²) >= 11 is 1.20. The third kappa shape index (κ3) is 3.76. The summed E-state index contributed by atoms with van der Waals surface area (Å²) in [6, 6.07) is 14.1. The van der Waals surface area contributed by atoms with E-state index in [1.54, 1.807) is 30.2 Å². The van der Waals surface area contributed by atoms with Gasteiger partial charge in [-0.3, -0.25) is 4.79 Å². The van der Waals surface area contributed by atoms with E-state index < -0.39 is 0 Å². The van der Waals surface area contributed by atoms with Gasteiger partial charge in [-0.15, -0.1) is 11.3 Å². The molecule has 7 heteroatoms. The van der Waals surface area contributed by atoms with Crippen molar-refractivity contribution >= 4 is 17.2 Å². The highest BCUT2D eigenvalue weighted by Crippen LogP contribution is 2.30. The van der Waals surface area contributed by atoms with E-state index in [1.165, 1.54) is 23.6 Å². The maximum atomic E-state index is 14.0. The monoisotopic (exact) mass is 398 g/mol. The summed E-state index contributed by atoms with van der Waals surface area (Å²) in [5, 5.41) is 0.499. The van der Waals surface area contributed by atoms with Crippen LogP contribution in [-0.2, 0) is 4.74 Å². The number of benzene rings is 2. The Hall–Kier alpha value is -2.77. The Labute approximate surface area is 166 Å². The summed E-state index contributed by atoms with van der Waals surface area (Å²) in [5.74, 6) is 0.290. The number of carbonyl (C=O) groups is 1. The molecule has 1 saturated heterocycles. The van der Waals surface area contributed by atoms with E-state index in [-0.39, 0.29) is 17.8 Å². The van der Waals surface area contributed by atoms with E-state index in [0.717, 1.165) is 11.3 Å². The van der Waals surface area contributed by atoms with Gasteiger partial charge in [0, 0.05) is 12.1 Å². The topological polar surface area (TPSA) is 51.7 Å². The Morgan fingerprint density at radius 2 is 2.14 bits per heavy atom. The van der Waals surface area contributed by atoms with Crippen LogP contribution in [0.5, 0.6) is 5.75 Å². The first-order valence-electron chi connectivity index (χ1n) is 8.91. The number of morpholine rings is 1. The molecule has 1 aliphatic heterocycles. The zero-order valence-electron chi connectivity index (χ0n) is 15.3. The number of aromatic nitrogens is 1. The summed E-state index contributed by atoms with van der Waals surface area (Å²) in [5.41, 5.74) is 1.37. The predicted molar refractivity (Wildman–Crippen MR) is 105 cm³/mol. The van der Waals surface area contributed by atoms with Crippen LogP contribution in [0, 0.1) is 5.82 Å². The van der Waals surface area contributed by atoms with E-state index in [1.807, 2.05) is 24.3 Å². The molecule has 2 heterocycles. The molecule has 0 radical (unpaired) electrons. The maximum Gasteiger partial charge on any atom is 0.265 e. The summed E-state index contributed by atoms with van der Waals surface area (Å²) in [6.45, 7) is 1.40. The van der Waals surface area contributed by atoms with E-state index in [4.69, 9.17) is 9.47 Å². The lowest BCUT2D eigenvalue weighted by Gasteiger charge is -2.33. The smallest absolute Gasteiger partial charge is 0.265 e. The number of halogens is 1. The molecule has 0 saturated carbocycles. The van der Waals surface area contributed by atoms with Crippen LogP contribution in [0.2, 0.25) is 0 Å². The molecule has 2 aromatic carbocycles. The number of methoxy groups -OCH3 is 1. The van der Waals surface area contributed by atoms with Gasteiger partial charge < -0.3 is 14.4 Å². The predicted octanol–water partition coefficient (Wildman–Crippen LogP) is 4.17. The number of hydrogen-bond acceptors (Lipinski definition) is 5. The second-order valence-corrected chi connectivity index (χ2v) is 7.43. The Balaban J connectivity index is 1.51. The molecule has 0 N–H and O–H groups in total. The molecule has 4 rings (SSSR count). The number of thiazole rings is 1. The first kappa shape index (κ1) is 18.6. The third-order valence-electron chi connectivity index (χ3n) is 4.64. The highest BCUT2D eigenvalue weighted by molar-refractivity contribution is 7.16. The minimum absolute atomic E-state index is 0.115. The van der Waals surface area contributed by atoms with Crippen molar-refractivity contribution in [2.45, 2.75) is 6.10 Å². The number of nitrogens with zero attached hydrogens (tertiary/aromatic N) is 2. The molecule has 1 atom stereocenters. The molecule has 144 valence electrons. The number of rotatable bonds is 4. The van der Waals surface area contributed by atoms with Crippen molar-refractivity contribution in [2.75, 3.05) is 26.8 Å². The molecule has 0 bridgehead atoms. The minimum atomic E-state index is -0.347. The van der Waals surface area contributed by atoms with Crippen molar-refractivity contribution in [3.05, 3.63) is 71.0 Å². The van der Waals surface area contributed by atoms with Crippen LogP contribution in [0.15, 0.2) is 54.7 Å². The molecule has 1 fully saturated rings.